The van der Waals surface area contributed by atoms with Crippen molar-refractivity contribution in [2.45, 2.75) is 32.1 Å². The van der Waals surface area contributed by atoms with Crippen LogP contribution in [0.3, 0.4) is 0 Å². The van der Waals surface area contributed by atoms with Crippen molar-refractivity contribution in [3.05, 3.63) is 45.7 Å². The second-order valence-electron chi connectivity index (χ2n) is 6.54. The highest BCUT2D eigenvalue weighted by atomic mass is 32.1. The molecule has 5 heteroatoms. The van der Waals surface area contributed by atoms with E-state index in [0.717, 1.165) is 30.2 Å². The van der Waals surface area contributed by atoms with Crippen LogP contribution in [0.25, 0.3) is 0 Å². The van der Waals surface area contributed by atoms with Gasteiger partial charge in [0, 0.05) is 36.8 Å². The molecule has 1 fully saturated rings. The fraction of sp³-hybridized carbons (Fsp3) is 0.471. The summed E-state index contributed by atoms with van der Waals surface area (Å²) >= 11 is 1.52. The van der Waals surface area contributed by atoms with Crippen molar-refractivity contribution >= 4 is 17.2 Å². The molecular formula is C17H19N3OS. The molecule has 2 atom stereocenters. The summed E-state index contributed by atoms with van der Waals surface area (Å²) in [5.74, 6) is 2.40. The average molecular weight is 313 g/mol. The van der Waals surface area contributed by atoms with E-state index < -0.39 is 0 Å². The van der Waals surface area contributed by atoms with Gasteiger partial charge in [-0.15, -0.1) is 11.3 Å². The fourth-order valence-electron chi connectivity index (χ4n) is 3.59. The normalized spacial score (nSPS) is 23.0. The van der Waals surface area contributed by atoms with Crippen LogP contribution in [0.2, 0.25) is 0 Å². The molecule has 4 rings (SSSR count). The maximum Gasteiger partial charge on any atom is 0.263 e. The van der Waals surface area contributed by atoms with E-state index in [-0.39, 0.29) is 5.91 Å². The van der Waals surface area contributed by atoms with Crippen LogP contribution < -0.4 is 0 Å². The highest BCUT2D eigenvalue weighted by Gasteiger charge is 2.42. The molecule has 0 unspecified atom stereocenters. The van der Waals surface area contributed by atoms with Crippen molar-refractivity contribution in [3.63, 3.8) is 0 Å². The van der Waals surface area contributed by atoms with Crippen molar-refractivity contribution in [2.24, 2.45) is 5.92 Å². The second-order valence-corrected chi connectivity index (χ2v) is 7.49. The summed E-state index contributed by atoms with van der Waals surface area (Å²) in [4.78, 5) is 24.6. The van der Waals surface area contributed by atoms with Gasteiger partial charge in [-0.3, -0.25) is 4.79 Å². The number of carbonyl (C=O) groups excluding carboxylic acids is 1. The van der Waals surface area contributed by atoms with Crippen LogP contribution in [0.5, 0.6) is 0 Å². The van der Waals surface area contributed by atoms with Gasteiger partial charge in [0.25, 0.3) is 5.91 Å². The van der Waals surface area contributed by atoms with Gasteiger partial charge in [0.05, 0.1) is 4.88 Å². The van der Waals surface area contributed by atoms with Crippen LogP contribution in [-0.2, 0) is 6.42 Å². The number of thiophene rings is 1. The lowest BCUT2D eigenvalue weighted by atomic mass is 9.97. The number of carbonyl (C=O) groups is 1. The smallest absolute Gasteiger partial charge is 0.263 e. The van der Waals surface area contributed by atoms with Gasteiger partial charge in [0.1, 0.15) is 5.82 Å². The van der Waals surface area contributed by atoms with E-state index in [0.29, 0.717) is 17.8 Å². The summed E-state index contributed by atoms with van der Waals surface area (Å²) in [6.07, 6.45) is 2.98. The van der Waals surface area contributed by atoms with Gasteiger partial charge in [-0.1, -0.05) is 19.9 Å². The first kappa shape index (κ1) is 13.9. The van der Waals surface area contributed by atoms with Gasteiger partial charge >= 0.3 is 0 Å². The molecule has 1 amide bonds. The van der Waals surface area contributed by atoms with Crippen LogP contribution in [0, 0.1) is 5.92 Å². The highest BCUT2D eigenvalue weighted by Crippen LogP contribution is 2.42. The molecule has 0 spiro atoms. The van der Waals surface area contributed by atoms with Gasteiger partial charge < -0.3 is 4.90 Å². The van der Waals surface area contributed by atoms with Crippen molar-refractivity contribution in [1.82, 2.24) is 14.9 Å². The Bertz CT molecular complexity index is 711. The summed E-state index contributed by atoms with van der Waals surface area (Å²) in [5.41, 5.74) is 2.47. The lowest BCUT2D eigenvalue weighted by molar-refractivity contribution is 0.0790. The topological polar surface area (TPSA) is 46.1 Å². The molecule has 114 valence electrons. The van der Waals surface area contributed by atoms with Gasteiger partial charge in [0.15, 0.2) is 0 Å². The number of hydrogen-bond acceptors (Lipinski definition) is 4. The zero-order valence-corrected chi connectivity index (χ0v) is 13.6. The first-order chi connectivity index (χ1) is 10.6. The minimum Gasteiger partial charge on any atom is -0.337 e. The highest BCUT2D eigenvalue weighted by molar-refractivity contribution is 7.12. The van der Waals surface area contributed by atoms with Crippen LogP contribution >= 0.6 is 11.3 Å². The Morgan fingerprint density at radius 2 is 2.27 bits per heavy atom. The molecule has 4 nitrogen and oxygen atoms in total. The molecular weight excluding hydrogens is 294 g/mol. The summed E-state index contributed by atoms with van der Waals surface area (Å²) in [6.45, 7) is 5.89. The lowest BCUT2D eigenvalue weighted by Gasteiger charge is -2.17. The largest absolute Gasteiger partial charge is 0.337 e. The summed E-state index contributed by atoms with van der Waals surface area (Å²) in [6, 6.07) is 3.85. The van der Waals surface area contributed by atoms with Crippen LogP contribution in [0.1, 0.15) is 52.4 Å². The molecule has 0 saturated carbocycles. The van der Waals surface area contributed by atoms with Crippen LogP contribution in [0.15, 0.2) is 23.7 Å². The van der Waals surface area contributed by atoms with E-state index in [9.17, 15) is 4.79 Å². The molecule has 3 heterocycles. The molecule has 2 aliphatic rings. The molecule has 1 saturated heterocycles. The van der Waals surface area contributed by atoms with E-state index in [1.165, 1.54) is 22.6 Å². The van der Waals surface area contributed by atoms with Crippen molar-refractivity contribution < 1.29 is 4.79 Å². The Balaban J connectivity index is 1.56. The Morgan fingerprint density at radius 1 is 1.41 bits per heavy atom. The third-order valence-corrected chi connectivity index (χ3v) is 5.61. The monoisotopic (exact) mass is 313 g/mol. The molecule has 2 aromatic rings. The second kappa shape index (κ2) is 5.16. The third kappa shape index (κ3) is 2.15. The van der Waals surface area contributed by atoms with E-state index in [2.05, 4.69) is 18.8 Å². The van der Waals surface area contributed by atoms with Gasteiger partial charge in [-0.25, -0.2) is 9.97 Å². The molecule has 0 radical (unpaired) electrons. The third-order valence-electron chi connectivity index (χ3n) is 4.75. The summed E-state index contributed by atoms with van der Waals surface area (Å²) < 4.78 is 0. The minimum atomic E-state index is 0.172. The first-order valence-corrected chi connectivity index (χ1v) is 8.70. The first-order valence-electron chi connectivity index (χ1n) is 7.82. The van der Waals surface area contributed by atoms with Crippen molar-refractivity contribution in [1.29, 1.82) is 0 Å². The predicted octanol–water partition coefficient (Wildman–Crippen LogP) is 3.07. The number of fused-ring (bicyclic) bond motifs is 3. The van der Waals surface area contributed by atoms with E-state index >= 15 is 0 Å². The molecule has 1 aliphatic heterocycles. The number of aromatic nitrogens is 2. The molecule has 2 aromatic heterocycles. The lowest BCUT2D eigenvalue weighted by Crippen LogP contribution is -2.29. The predicted molar refractivity (Wildman–Crippen MR) is 86.3 cm³/mol. The maximum atomic E-state index is 12.5. The zero-order chi connectivity index (χ0) is 15.3. The number of hydrogen-bond donors (Lipinski definition) is 0. The quantitative estimate of drug-likeness (QED) is 0.856. The van der Waals surface area contributed by atoms with Gasteiger partial charge in [-0.05, 0) is 29.3 Å². The summed E-state index contributed by atoms with van der Waals surface area (Å²) in [5, 5.41) is 1.96. The average Bonchev–Trinajstić information content (AvgIpc) is 3.21. The van der Waals surface area contributed by atoms with Crippen LogP contribution in [-0.4, -0.2) is 33.9 Å². The molecule has 0 bridgehead atoms. The van der Waals surface area contributed by atoms with E-state index in [4.69, 9.17) is 4.98 Å². The maximum absolute atomic E-state index is 12.5. The number of amides is 1. The summed E-state index contributed by atoms with van der Waals surface area (Å²) in [7, 11) is 0. The molecule has 0 aromatic carbocycles. The van der Waals surface area contributed by atoms with Crippen molar-refractivity contribution in [2.75, 3.05) is 13.1 Å². The van der Waals surface area contributed by atoms with E-state index in [1.54, 1.807) is 0 Å². The van der Waals surface area contributed by atoms with Crippen LogP contribution in [0.4, 0.5) is 0 Å². The number of nitrogens with zero attached hydrogens (tertiary/aromatic N) is 3. The van der Waals surface area contributed by atoms with Gasteiger partial charge in [0.2, 0.25) is 0 Å². The molecule has 22 heavy (non-hydrogen) atoms. The SMILES string of the molecule is CC(C)c1ncc2c(n1)C[C@@H]1CN(C(=O)c3cccs3)C[C@@H]21. The molecule has 0 N–H and O–H groups in total. The minimum absolute atomic E-state index is 0.172. The number of likely N-dealkylation sites (tertiary alicyclic amines) is 1. The standard InChI is InChI=1S/C17H19N3OS/c1-10(2)16-18-7-12-13-9-20(8-11(13)6-14(12)19-16)17(21)15-4-3-5-22-15/h3-5,7,10-11,13H,6,8-9H2,1-2H3/t11-,13-/m1/s1. The zero-order valence-electron chi connectivity index (χ0n) is 12.8. The van der Waals surface area contributed by atoms with Gasteiger partial charge in [-0.2, -0.15) is 0 Å². The molecule has 1 aliphatic carbocycles. The van der Waals surface area contributed by atoms with Crippen molar-refractivity contribution in [3.8, 4) is 0 Å². The Morgan fingerprint density at radius 3 is 3.00 bits per heavy atom. The Hall–Kier alpha value is -1.75. The van der Waals surface area contributed by atoms with E-state index in [1.807, 2.05) is 28.6 Å². The Kier molecular flexibility index (Phi) is 3.26. The Labute approximate surface area is 134 Å². The number of rotatable bonds is 2. The fourth-order valence-corrected chi connectivity index (χ4v) is 4.28.